The van der Waals surface area contributed by atoms with Gasteiger partial charge >= 0.3 is 5.97 Å². The van der Waals surface area contributed by atoms with Crippen molar-refractivity contribution < 1.29 is 19.1 Å². The first kappa shape index (κ1) is 20.4. The lowest BCUT2D eigenvalue weighted by Crippen LogP contribution is -2.31. The fraction of sp³-hybridized carbons (Fsp3) is 0.182. The Bertz CT molecular complexity index is 912. The number of ether oxygens (including phenoxy) is 2. The maximum absolute atomic E-state index is 11.9. The normalized spacial score (nSPS) is 11.3. The number of esters is 1. The van der Waals surface area contributed by atoms with Gasteiger partial charge in [0.1, 0.15) is 5.75 Å². The van der Waals surface area contributed by atoms with Crippen LogP contribution in [0.2, 0.25) is 0 Å². The lowest BCUT2D eigenvalue weighted by Gasteiger charge is -2.12. The number of benzene rings is 2. The van der Waals surface area contributed by atoms with Gasteiger partial charge in [-0.25, -0.2) is 4.79 Å². The van der Waals surface area contributed by atoms with Crippen molar-refractivity contribution in [3.8, 4) is 5.75 Å². The van der Waals surface area contributed by atoms with Gasteiger partial charge in [-0.1, -0.05) is 24.3 Å². The van der Waals surface area contributed by atoms with Crippen molar-refractivity contribution in [3.63, 3.8) is 0 Å². The molecule has 0 unspecified atom stereocenters. The van der Waals surface area contributed by atoms with Gasteiger partial charge in [-0.2, -0.15) is 0 Å². The summed E-state index contributed by atoms with van der Waals surface area (Å²) in [5, 5.41) is 7.99. The zero-order valence-electron chi connectivity index (χ0n) is 16.0. The summed E-state index contributed by atoms with van der Waals surface area (Å²) in [6.45, 7) is 1.28. The molecule has 3 aromatic rings. The van der Waals surface area contributed by atoms with Gasteiger partial charge in [0.2, 0.25) is 0 Å². The van der Waals surface area contributed by atoms with Crippen LogP contribution in [0.15, 0.2) is 72.1 Å². The quantitative estimate of drug-likeness (QED) is 0.515. The molecule has 1 atom stereocenters. The van der Waals surface area contributed by atoms with Crippen molar-refractivity contribution in [1.82, 2.24) is 5.32 Å². The van der Waals surface area contributed by atoms with Crippen molar-refractivity contribution in [2.75, 3.05) is 18.5 Å². The van der Waals surface area contributed by atoms with Crippen LogP contribution in [0.3, 0.4) is 0 Å². The Morgan fingerprint density at radius 1 is 0.931 bits per heavy atom. The Labute approximate surface area is 173 Å². The third-order valence-electron chi connectivity index (χ3n) is 3.99. The number of carbonyl (C=O) groups excluding carboxylic acids is 2. The van der Waals surface area contributed by atoms with E-state index in [4.69, 9.17) is 9.47 Å². The molecular formula is C22H22N2O4S. The van der Waals surface area contributed by atoms with Crippen LogP contribution in [-0.4, -0.2) is 25.1 Å². The van der Waals surface area contributed by atoms with Gasteiger partial charge in [-0.05, 0) is 54.8 Å². The van der Waals surface area contributed by atoms with Gasteiger partial charge in [0, 0.05) is 16.3 Å². The summed E-state index contributed by atoms with van der Waals surface area (Å²) in [4.78, 5) is 24.7. The van der Waals surface area contributed by atoms with E-state index in [0.717, 1.165) is 16.3 Å². The van der Waals surface area contributed by atoms with E-state index in [0.29, 0.717) is 5.75 Å². The maximum atomic E-state index is 11.9. The number of anilines is 2. The highest BCUT2D eigenvalue weighted by Gasteiger charge is 2.13. The SMILES string of the molecule is C[C@@H](NC(=O)COC(=O)COc1ccc(Nc2ccccc2)cc1)c1cccs1. The zero-order valence-corrected chi connectivity index (χ0v) is 16.8. The number of thiophene rings is 1. The lowest BCUT2D eigenvalue weighted by atomic mass is 10.2. The third-order valence-corrected chi connectivity index (χ3v) is 5.04. The Kier molecular flexibility index (Phi) is 7.24. The molecule has 0 fully saturated rings. The molecule has 29 heavy (non-hydrogen) atoms. The number of hydrogen-bond acceptors (Lipinski definition) is 6. The first-order valence-electron chi connectivity index (χ1n) is 9.13. The van der Waals surface area contributed by atoms with Gasteiger partial charge in [-0.15, -0.1) is 11.3 Å². The Morgan fingerprint density at radius 3 is 2.34 bits per heavy atom. The molecule has 0 aliphatic heterocycles. The third kappa shape index (κ3) is 6.65. The van der Waals surface area contributed by atoms with E-state index in [-0.39, 0.29) is 25.2 Å². The predicted octanol–water partition coefficient (Wildman–Crippen LogP) is 4.29. The molecule has 6 nitrogen and oxygen atoms in total. The summed E-state index contributed by atoms with van der Waals surface area (Å²) in [6, 6.07) is 20.8. The van der Waals surface area contributed by atoms with Crippen molar-refractivity contribution in [3.05, 3.63) is 77.0 Å². The summed E-state index contributed by atoms with van der Waals surface area (Å²) in [7, 11) is 0. The average Bonchev–Trinajstić information content (AvgIpc) is 3.28. The van der Waals surface area contributed by atoms with E-state index in [2.05, 4.69) is 10.6 Å². The molecule has 0 radical (unpaired) electrons. The molecule has 1 heterocycles. The molecule has 0 aliphatic rings. The minimum atomic E-state index is -0.601. The van der Waals surface area contributed by atoms with Crippen LogP contribution in [0.4, 0.5) is 11.4 Å². The summed E-state index contributed by atoms with van der Waals surface area (Å²) >= 11 is 1.56. The maximum Gasteiger partial charge on any atom is 0.344 e. The summed E-state index contributed by atoms with van der Waals surface area (Å²) in [5.74, 6) is -0.415. The smallest absolute Gasteiger partial charge is 0.344 e. The number of amides is 1. The van der Waals surface area contributed by atoms with Crippen LogP contribution < -0.4 is 15.4 Å². The minimum absolute atomic E-state index is 0.125. The molecule has 7 heteroatoms. The van der Waals surface area contributed by atoms with Crippen molar-refractivity contribution in [2.24, 2.45) is 0 Å². The van der Waals surface area contributed by atoms with Gasteiger partial charge in [-0.3, -0.25) is 4.79 Å². The average molecular weight is 410 g/mol. The van der Waals surface area contributed by atoms with E-state index in [1.807, 2.05) is 66.9 Å². The molecule has 0 spiro atoms. The van der Waals surface area contributed by atoms with Gasteiger partial charge in [0.05, 0.1) is 6.04 Å². The van der Waals surface area contributed by atoms with Crippen LogP contribution in [-0.2, 0) is 14.3 Å². The molecule has 0 saturated carbocycles. The van der Waals surface area contributed by atoms with Crippen molar-refractivity contribution >= 4 is 34.6 Å². The van der Waals surface area contributed by atoms with Crippen LogP contribution in [0.5, 0.6) is 5.75 Å². The van der Waals surface area contributed by atoms with Gasteiger partial charge < -0.3 is 20.1 Å². The Hall–Kier alpha value is -3.32. The van der Waals surface area contributed by atoms with E-state index >= 15 is 0 Å². The number of para-hydroxylation sites is 1. The van der Waals surface area contributed by atoms with Crippen LogP contribution in [0.25, 0.3) is 0 Å². The van der Waals surface area contributed by atoms with Crippen molar-refractivity contribution in [2.45, 2.75) is 13.0 Å². The molecule has 1 aromatic heterocycles. The highest BCUT2D eigenvalue weighted by molar-refractivity contribution is 7.10. The molecule has 0 saturated heterocycles. The standard InChI is InChI=1S/C22H22N2O4S/c1-16(20-8-5-13-29-20)23-21(25)14-28-22(26)15-27-19-11-9-18(10-12-19)24-17-6-3-2-4-7-17/h2-13,16,24H,14-15H2,1H3,(H,23,25)/t16-/m1/s1. The highest BCUT2D eigenvalue weighted by Crippen LogP contribution is 2.20. The van der Waals surface area contributed by atoms with E-state index in [9.17, 15) is 9.59 Å². The van der Waals surface area contributed by atoms with E-state index in [1.165, 1.54) is 0 Å². The molecule has 2 N–H and O–H groups in total. The van der Waals surface area contributed by atoms with E-state index in [1.54, 1.807) is 23.5 Å². The van der Waals surface area contributed by atoms with Crippen molar-refractivity contribution in [1.29, 1.82) is 0 Å². The first-order chi connectivity index (χ1) is 14.1. The van der Waals surface area contributed by atoms with Crippen LogP contribution in [0, 0.1) is 0 Å². The molecule has 3 rings (SSSR count). The lowest BCUT2D eigenvalue weighted by molar-refractivity contribution is -0.150. The zero-order chi connectivity index (χ0) is 20.5. The fourth-order valence-electron chi connectivity index (χ4n) is 2.54. The second-order valence-electron chi connectivity index (χ2n) is 6.27. The molecule has 2 aromatic carbocycles. The largest absolute Gasteiger partial charge is 0.482 e. The number of hydrogen-bond donors (Lipinski definition) is 2. The Balaban J connectivity index is 1.37. The van der Waals surface area contributed by atoms with Gasteiger partial charge in [0.15, 0.2) is 13.2 Å². The minimum Gasteiger partial charge on any atom is -0.482 e. The van der Waals surface area contributed by atoms with Gasteiger partial charge in [0.25, 0.3) is 5.91 Å². The Morgan fingerprint density at radius 2 is 1.66 bits per heavy atom. The summed E-state index contributed by atoms with van der Waals surface area (Å²) in [5.41, 5.74) is 1.89. The second kappa shape index (κ2) is 10.3. The first-order valence-corrected chi connectivity index (χ1v) is 10.0. The molecular weight excluding hydrogens is 388 g/mol. The molecule has 150 valence electrons. The molecule has 1 amide bonds. The highest BCUT2D eigenvalue weighted by atomic mass is 32.1. The molecule has 0 bridgehead atoms. The van der Waals surface area contributed by atoms with Crippen LogP contribution >= 0.6 is 11.3 Å². The number of rotatable bonds is 9. The topological polar surface area (TPSA) is 76.7 Å². The van der Waals surface area contributed by atoms with Crippen LogP contribution in [0.1, 0.15) is 17.8 Å². The fourth-order valence-corrected chi connectivity index (χ4v) is 3.28. The summed E-state index contributed by atoms with van der Waals surface area (Å²) < 4.78 is 10.4. The second-order valence-corrected chi connectivity index (χ2v) is 7.25. The monoisotopic (exact) mass is 410 g/mol. The number of carbonyl (C=O) groups is 2. The summed E-state index contributed by atoms with van der Waals surface area (Å²) in [6.07, 6.45) is 0. The predicted molar refractivity (Wildman–Crippen MR) is 113 cm³/mol. The van der Waals surface area contributed by atoms with E-state index < -0.39 is 5.97 Å². The number of nitrogens with one attached hydrogen (secondary N) is 2. The molecule has 0 aliphatic carbocycles.